The van der Waals surface area contributed by atoms with Crippen LogP contribution < -0.4 is 5.32 Å². The van der Waals surface area contributed by atoms with Gasteiger partial charge in [0, 0.05) is 18.7 Å². The van der Waals surface area contributed by atoms with E-state index in [4.69, 9.17) is 0 Å². The molecule has 0 aromatic heterocycles. The summed E-state index contributed by atoms with van der Waals surface area (Å²) in [5.41, 5.74) is 2.63. The van der Waals surface area contributed by atoms with Gasteiger partial charge in [-0.2, -0.15) is 0 Å². The number of rotatable bonds is 7. The number of hydrogen-bond donors (Lipinski definition) is 1. The number of nitrogens with zero attached hydrogens (tertiary/aromatic N) is 2. The molecule has 0 aliphatic carbocycles. The Kier molecular flexibility index (Phi) is 7.19. The average molecular weight is 478 g/mol. The van der Waals surface area contributed by atoms with Gasteiger partial charge in [-0.3, -0.25) is 14.4 Å². The Balaban J connectivity index is 1.53. The largest absolute Gasteiger partial charge is 0.350 e. The lowest BCUT2D eigenvalue weighted by molar-refractivity contribution is -0.158. The zero-order valence-electron chi connectivity index (χ0n) is 19.2. The molecule has 0 radical (unpaired) electrons. The van der Waals surface area contributed by atoms with Crippen molar-refractivity contribution in [1.29, 1.82) is 0 Å². The van der Waals surface area contributed by atoms with Gasteiger partial charge < -0.3 is 15.1 Å². The lowest BCUT2D eigenvalue weighted by Crippen LogP contribution is -2.57. The van der Waals surface area contributed by atoms with E-state index in [1.807, 2.05) is 31.2 Å². The third kappa shape index (κ3) is 5.71. The predicted octanol–water partition coefficient (Wildman–Crippen LogP) is 3.50. The molecule has 0 saturated carbocycles. The Morgan fingerprint density at radius 1 is 0.943 bits per heavy atom. The van der Waals surface area contributed by atoms with Crippen LogP contribution >= 0.6 is 0 Å². The van der Waals surface area contributed by atoms with Crippen molar-refractivity contribution in [1.82, 2.24) is 15.1 Å². The summed E-state index contributed by atoms with van der Waals surface area (Å²) in [6.45, 7) is 1.58. The molecule has 3 aromatic carbocycles. The maximum Gasteiger partial charge on any atom is 0.251 e. The monoisotopic (exact) mass is 477 g/mol. The van der Waals surface area contributed by atoms with Crippen molar-refractivity contribution < 1.29 is 23.2 Å². The second-order valence-electron chi connectivity index (χ2n) is 8.53. The average Bonchev–Trinajstić information content (AvgIpc) is 2.84. The van der Waals surface area contributed by atoms with Crippen LogP contribution in [0.3, 0.4) is 0 Å². The van der Waals surface area contributed by atoms with E-state index < -0.39 is 23.7 Å². The number of carbonyl (C=O) groups excluding carboxylic acids is 3. The third-order valence-electron chi connectivity index (χ3n) is 5.91. The molecule has 8 heteroatoms. The molecule has 1 atom stereocenters. The first kappa shape index (κ1) is 24.1. The number of halogens is 2. The van der Waals surface area contributed by atoms with Crippen molar-refractivity contribution in [3.8, 4) is 0 Å². The highest BCUT2D eigenvalue weighted by Gasteiger charge is 2.42. The minimum Gasteiger partial charge on any atom is -0.350 e. The highest BCUT2D eigenvalue weighted by Crippen LogP contribution is 2.30. The topological polar surface area (TPSA) is 69.7 Å². The van der Waals surface area contributed by atoms with Crippen LogP contribution in [0.15, 0.2) is 72.8 Å². The maximum atomic E-state index is 14.8. The first-order valence-electron chi connectivity index (χ1n) is 11.2. The van der Waals surface area contributed by atoms with E-state index in [2.05, 4.69) is 5.32 Å². The first-order chi connectivity index (χ1) is 16.8. The molecule has 1 fully saturated rings. The molecule has 1 aliphatic heterocycles. The molecule has 1 heterocycles. The Bertz CT molecular complexity index is 1230. The van der Waals surface area contributed by atoms with Crippen molar-refractivity contribution in [2.24, 2.45) is 0 Å². The highest BCUT2D eigenvalue weighted by molar-refractivity contribution is 5.97. The Morgan fingerprint density at radius 2 is 1.60 bits per heavy atom. The van der Waals surface area contributed by atoms with E-state index in [1.165, 1.54) is 35.2 Å². The fourth-order valence-electron chi connectivity index (χ4n) is 4.02. The number of aryl methyl sites for hydroxylation is 1. The van der Waals surface area contributed by atoms with Crippen LogP contribution in [0, 0.1) is 18.6 Å². The molecule has 1 saturated heterocycles. The first-order valence-corrected chi connectivity index (χ1v) is 11.2. The van der Waals surface area contributed by atoms with Gasteiger partial charge in [-0.1, -0.05) is 60.2 Å². The molecule has 0 bridgehead atoms. The van der Waals surface area contributed by atoms with Gasteiger partial charge in [0.1, 0.15) is 30.8 Å². The number of amides is 3. The van der Waals surface area contributed by atoms with Crippen molar-refractivity contribution in [2.45, 2.75) is 26.1 Å². The van der Waals surface area contributed by atoms with E-state index >= 15 is 0 Å². The number of hydrogen-bond acceptors (Lipinski definition) is 3. The van der Waals surface area contributed by atoms with Gasteiger partial charge in [-0.25, -0.2) is 8.78 Å². The summed E-state index contributed by atoms with van der Waals surface area (Å²) in [4.78, 5) is 41.7. The van der Waals surface area contributed by atoms with E-state index in [0.717, 1.165) is 16.0 Å². The third-order valence-corrected chi connectivity index (χ3v) is 5.91. The van der Waals surface area contributed by atoms with Gasteiger partial charge in [0.25, 0.3) is 5.91 Å². The zero-order valence-corrected chi connectivity index (χ0v) is 19.2. The molecule has 4 rings (SSSR count). The lowest BCUT2D eigenvalue weighted by atomic mass is 9.99. The minimum absolute atomic E-state index is 0.0781. The molecular formula is C27H25F2N3O3. The van der Waals surface area contributed by atoms with Gasteiger partial charge in [0.15, 0.2) is 0 Å². The van der Waals surface area contributed by atoms with Crippen LogP contribution in [0.25, 0.3) is 0 Å². The molecule has 180 valence electrons. The minimum atomic E-state index is -1.19. The summed E-state index contributed by atoms with van der Waals surface area (Å²) in [7, 11) is 0. The summed E-state index contributed by atoms with van der Waals surface area (Å²) in [6.07, 6.45) is 0. The highest BCUT2D eigenvalue weighted by atomic mass is 19.1. The molecule has 0 spiro atoms. The van der Waals surface area contributed by atoms with E-state index in [-0.39, 0.29) is 43.5 Å². The van der Waals surface area contributed by atoms with Crippen molar-refractivity contribution in [2.75, 3.05) is 13.1 Å². The number of carbonyl (C=O) groups is 3. The van der Waals surface area contributed by atoms with Crippen LogP contribution in [0.2, 0.25) is 0 Å². The molecule has 3 aromatic rings. The molecule has 1 aliphatic rings. The van der Waals surface area contributed by atoms with Gasteiger partial charge in [-0.05, 0) is 36.2 Å². The van der Waals surface area contributed by atoms with E-state index in [9.17, 15) is 23.2 Å². The van der Waals surface area contributed by atoms with Crippen molar-refractivity contribution in [3.63, 3.8) is 0 Å². The fourth-order valence-corrected chi connectivity index (χ4v) is 4.02. The molecule has 3 amide bonds. The second kappa shape index (κ2) is 10.5. The quantitative estimate of drug-likeness (QED) is 0.566. The van der Waals surface area contributed by atoms with Gasteiger partial charge in [0.2, 0.25) is 11.8 Å². The maximum absolute atomic E-state index is 14.8. The second-order valence-corrected chi connectivity index (χ2v) is 8.53. The van der Waals surface area contributed by atoms with Crippen LogP contribution in [-0.4, -0.2) is 40.6 Å². The van der Waals surface area contributed by atoms with E-state index in [0.29, 0.717) is 5.56 Å². The SMILES string of the molecule is Cc1ccc(CN2C(=O)CN(CC(=O)NCc3ccc(F)cc3)C(=O)C2c2ccccc2F)cc1. The smallest absolute Gasteiger partial charge is 0.251 e. The summed E-state index contributed by atoms with van der Waals surface area (Å²) < 4.78 is 27.8. The summed E-state index contributed by atoms with van der Waals surface area (Å²) in [6, 6.07) is 17.8. The fraction of sp³-hybridized carbons (Fsp3) is 0.222. The van der Waals surface area contributed by atoms with Crippen LogP contribution in [-0.2, 0) is 27.5 Å². The lowest BCUT2D eigenvalue weighted by Gasteiger charge is -2.40. The van der Waals surface area contributed by atoms with Crippen molar-refractivity contribution in [3.05, 3.63) is 107 Å². The Labute approximate surface area is 202 Å². The van der Waals surface area contributed by atoms with Gasteiger partial charge in [-0.15, -0.1) is 0 Å². The normalized spacial score (nSPS) is 15.9. The molecular weight excluding hydrogens is 452 g/mol. The van der Waals surface area contributed by atoms with Crippen LogP contribution in [0.4, 0.5) is 8.78 Å². The zero-order chi connectivity index (χ0) is 24.9. The summed E-state index contributed by atoms with van der Waals surface area (Å²) in [5, 5.41) is 2.67. The molecule has 6 nitrogen and oxygen atoms in total. The standard InChI is InChI=1S/C27H25F2N3O3/c1-18-6-8-20(9-7-18)15-32-25(34)17-31(27(35)26(32)22-4-2-3-5-23(22)29)16-24(33)30-14-19-10-12-21(28)13-11-19/h2-13,26H,14-17H2,1H3,(H,30,33). The summed E-state index contributed by atoms with van der Waals surface area (Å²) in [5.74, 6) is -2.37. The number of nitrogens with one attached hydrogen (secondary N) is 1. The van der Waals surface area contributed by atoms with Gasteiger partial charge in [0.05, 0.1) is 0 Å². The van der Waals surface area contributed by atoms with Crippen LogP contribution in [0.5, 0.6) is 0 Å². The Hall–Kier alpha value is -4.07. The molecule has 1 unspecified atom stereocenters. The van der Waals surface area contributed by atoms with Crippen molar-refractivity contribution >= 4 is 17.7 Å². The van der Waals surface area contributed by atoms with Crippen LogP contribution in [0.1, 0.15) is 28.3 Å². The predicted molar refractivity (Wildman–Crippen MR) is 126 cm³/mol. The molecule has 1 N–H and O–H groups in total. The summed E-state index contributed by atoms with van der Waals surface area (Å²) >= 11 is 0. The number of benzene rings is 3. The Morgan fingerprint density at radius 3 is 2.29 bits per heavy atom. The molecule has 35 heavy (non-hydrogen) atoms. The number of piperazine rings is 1. The van der Waals surface area contributed by atoms with E-state index in [1.54, 1.807) is 18.2 Å². The van der Waals surface area contributed by atoms with Gasteiger partial charge >= 0.3 is 0 Å².